The molecule has 2 aliphatic rings. The number of para-hydroxylation sites is 1. The summed E-state index contributed by atoms with van der Waals surface area (Å²) in [6, 6.07) is 14.3. The van der Waals surface area contributed by atoms with Crippen molar-refractivity contribution < 1.29 is 9.53 Å². The molecule has 1 saturated heterocycles. The molecule has 2 aliphatic heterocycles. The topological polar surface area (TPSA) is 45.7 Å². The molecule has 160 valence electrons. The van der Waals surface area contributed by atoms with E-state index >= 15 is 0 Å². The molecule has 4 rings (SSSR count). The van der Waals surface area contributed by atoms with E-state index in [9.17, 15) is 4.79 Å². The quantitative estimate of drug-likeness (QED) is 0.757. The number of ether oxygens (including phenoxy) is 1. The number of aryl methyl sites for hydroxylation is 1. The summed E-state index contributed by atoms with van der Waals surface area (Å²) in [5.41, 5.74) is 2.56. The molecule has 1 amide bonds. The molecule has 0 saturated carbocycles. The Balaban J connectivity index is 1.41. The summed E-state index contributed by atoms with van der Waals surface area (Å²) < 4.78 is 5.90. The van der Waals surface area contributed by atoms with Crippen molar-refractivity contribution in [1.29, 1.82) is 0 Å². The van der Waals surface area contributed by atoms with Gasteiger partial charge in [0.25, 0.3) is 5.91 Å². The number of nitrogens with zero attached hydrogens (tertiary/aromatic N) is 3. The van der Waals surface area contributed by atoms with E-state index in [1.54, 1.807) is 0 Å². The number of amides is 1. The van der Waals surface area contributed by atoms with E-state index in [1.807, 2.05) is 36.3 Å². The maximum absolute atomic E-state index is 12.8. The summed E-state index contributed by atoms with van der Waals surface area (Å²) >= 11 is 0. The minimum atomic E-state index is 0.0701. The van der Waals surface area contributed by atoms with Crippen molar-refractivity contribution in [2.24, 2.45) is 5.41 Å². The third kappa shape index (κ3) is 5.20. The second kappa shape index (κ2) is 9.61. The fraction of sp³-hybridized carbons (Fsp3) is 0.520. The van der Waals surface area contributed by atoms with Gasteiger partial charge < -0.3 is 9.64 Å². The normalized spacial score (nSPS) is 20.7. The van der Waals surface area contributed by atoms with Gasteiger partial charge in [-0.3, -0.25) is 14.7 Å². The zero-order valence-electron chi connectivity index (χ0n) is 18.1. The van der Waals surface area contributed by atoms with Crippen LogP contribution >= 0.6 is 0 Å². The van der Waals surface area contributed by atoms with Crippen molar-refractivity contribution in [3.05, 3.63) is 59.9 Å². The number of aromatic nitrogens is 1. The Bertz CT molecular complexity index is 831. The first-order valence-electron chi connectivity index (χ1n) is 11.2. The number of fused-ring (bicyclic) bond motifs is 1. The maximum Gasteiger partial charge on any atom is 0.260 e. The minimum Gasteiger partial charge on any atom is -0.483 e. The van der Waals surface area contributed by atoms with Crippen LogP contribution in [0.5, 0.6) is 5.75 Å². The molecule has 1 fully saturated rings. The standard InChI is InChI=1S/C25H33N3O2/c1-27-20-25(13-16-28(17-14-25)18-22-10-5-7-15-26-22)12-6-4-9-21-8-2-3-11-23(21)30-19-24(27)29/h2-3,5,7-8,10-11,15H,4,6,9,12-14,16-20H2,1H3. The molecule has 0 aliphatic carbocycles. The third-order valence-electron chi connectivity index (χ3n) is 6.75. The van der Waals surface area contributed by atoms with Gasteiger partial charge in [0, 0.05) is 26.3 Å². The Kier molecular flexibility index (Phi) is 6.68. The van der Waals surface area contributed by atoms with Gasteiger partial charge in [0.1, 0.15) is 5.75 Å². The van der Waals surface area contributed by atoms with Gasteiger partial charge in [-0.25, -0.2) is 0 Å². The molecule has 0 N–H and O–H groups in total. The number of rotatable bonds is 2. The number of carbonyl (C=O) groups is 1. The van der Waals surface area contributed by atoms with Gasteiger partial charge in [0.2, 0.25) is 0 Å². The lowest BCUT2D eigenvalue weighted by molar-refractivity contribution is -0.134. The van der Waals surface area contributed by atoms with E-state index in [0.717, 1.165) is 63.3 Å². The molecular formula is C25H33N3O2. The number of pyridine rings is 1. The van der Waals surface area contributed by atoms with Gasteiger partial charge in [-0.2, -0.15) is 0 Å². The van der Waals surface area contributed by atoms with Gasteiger partial charge in [-0.05, 0) is 74.4 Å². The Labute approximate surface area is 180 Å². The van der Waals surface area contributed by atoms with Crippen LogP contribution in [0.15, 0.2) is 48.7 Å². The van der Waals surface area contributed by atoms with E-state index in [2.05, 4.69) is 34.1 Å². The predicted octanol–water partition coefficient (Wildman–Crippen LogP) is 3.93. The van der Waals surface area contributed by atoms with Crippen LogP contribution < -0.4 is 4.74 Å². The van der Waals surface area contributed by atoms with Crippen LogP contribution in [0.1, 0.15) is 43.4 Å². The van der Waals surface area contributed by atoms with E-state index < -0.39 is 0 Å². The molecule has 2 aromatic rings. The van der Waals surface area contributed by atoms with E-state index in [1.165, 1.54) is 18.4 Å². The number of hydrogen-bond acceptors (Lipinski definition) is 4. The van der Waals surface area contributed by atoms with Crippen molar-refractivity contribution in [3.8, 4) is 5.75 Å². The van der Waals surface area contributed by atoms with Crippen molar-refractivity contribution in [3.63, 3.8) is 0 Å². The fourth-order valence-electron chi connectivity index (χ4n) is 4.90. The summed E-state index contributed by atoms with van der Waals surface area (Å²) in [4.78, 5) is 21.6. The van der Waals surface area contributed by atoms with Crippen LogP contribution in [0.4, 0.5) is 0 Å². The van der Waals surface area contributed by atoms with Crippen molar-refractivity contribution in [1.82, 2.24) is 14.8 Å². The Hall–Kier alpha value is -2.40. The summed E-state index contributed by atoms with van der Waals surface area (Å²) in [5, 5.41) is 0. The summed E-state index contributed by atoms with van der Waals surface area (Å²) in [7, 11) is 1.94. The molecule has 0 unspecified atom stereocenters. The second-order valence-corrected chi connectivity index (χ2v) is 8.95. The van der Waals surface area contributed by atoms with Crippen molar-refractivity contribution in [2.45, 2.75) is 45.1 Å². The van der Waals surface area contributed by atoms with Gasteiger partial charge in [-0.15, -0.1) is 0 Å². The van der Waals surface area contributed by atoms with Crippen LogP contribution in [0.25, 0.3) is 0 Å². The van der Waals surface area contributed by atoms with Crippen LogP contribution in [-0.4, -0.2) is 54.0 Å². The third-order valence-corrected chi connectivity index (χ3v) is 6.75. The zero-order valence-corrected chi connectivity index (χ0v) is 18.1. The molecule has 5 heteroatoms. The molecular weight excluding hydrogens is 374 g/mol. The first-order valence-corrected chi connectivity index (χ1v) is 11.2. The first kappa shape index (κ1) is 20.9. The average Bonchev–Trinajstić information content (AvgIpc) is 2.77. The molecule has 5 nitrogen and oxygen atoms in total. The van der Waals surface area contributed by atoms with Crippen molar-refractivity contribution >= 4 is 5.91 Å². The molecule has 30 heavy (non-hydrogen) atoms. The Morgan fingerprint density at radius 3 is 2.63 bits per heavy atom. The summed E-state index contributed by atoms with van der Waals surface area (Å²) in [6.07, 6.45) is 8.69. The SMILES string of the molecule is CN1CC2(CCCCc3ccccc3OCC1=O)CCN(Cc1ccccn1)CC2. The van der Waals surface area contributed by atoms with E-state index in [4.69, 9.17) is 4.74 Å². The first-order chi connectivity index (χ1) is 14.6. The number of carbonyl (C=O) groups excluding carboxylic acids is 1. The molecule has 0 atom stereocenters. The van der Waals surface area contributed by atoms with Crippen LogP contribution in [-0.2, 0) is 17.8 Å². The lowest BCUT2D eigenvalue weighted by Gasteiger charge is -2.44. The largest absolute Gasteiger partial charge is 0.483 e. The Morgan fingerprint density at radius 1 is 1.03 bits per heavy atom. The van der Waals surface area contributed by atoms with Crippen LogP contribution in [0.3, 0.4) is 0 Å². The number of likely N-dealkylation sites (tertiary alicyclic amines) is 1. The van der Waals surface area contributed by atoms with Gasteiger partial charge in [-0.1, -0.05) is 30.7 Å². The van der Waals surface area contributed by atoms with Crippen molar-refractivity contribution in [2.75, 3.05) is 33.3 Å². The van der Waals surface area contributed by atoms with Gasteiger partial charge >= 0.3 is 0 Å². The predicted molar refractivity (Wildman–Crippen MR) is 118 cm³/mol. The van der Waals surface area contributed by atoms with E-state index in [0.29, 0.717) is 0 Å². The number of likely N-dealkylation sites (N-methyl/N-ethyl adjacent to an activating group) is 1. The van der Waals surface area contributed by atoms with Crippen LogP contribution in [0.2, 0.25) is 0 Å². The van der Waals surface area contributed by atoms with Gasteiger partial charge in [0.05, 0.1) is 5.69 Å². The average molecular weight is 408 g/mol. The highest BCUT2D eigenvalue weighted by Gasteiger charge is 2.36. The second-order valence-electron chi connectivity index (χ2n) is 8.95. The molecule has 1 spiro atoms. The lowest BCUT2D eigenvalue weighted by Crippen LogP contribution is -2.47. The number of hydrogen-bond donors (Lipinski definition) is 0. The summed E-state index contributed by atoms with van der Waals surface area (Å²) in [6.45, 7) is 4.00. The van der Waals surface area contributed by atoms with Gasteiger partial charge in [0.15, 0.2) is 6.61 Å². The van der Waals surface area contributed by atoms with Crippen LogP contribution in [0, 0.1) is 5.41 Å². The highest BCUT2D eigenvalue weighted by molar-refractivity contribution is 5.77. The van der Waals surface area contributed by atoms with E-state index in [-0.39, 0.29) is 17.9 Å². The molecule has 0 bridgehead atoms. The highest BCUT2D eigenvalue weighted by Crippen LogP contribution is 2.38. The Morgan fingerprint density at radius 2 is 1.83 bits per heavy atom. The maximum atomic E-state index is 12.8. The fourth-order valence-corrected chi connectivity index (χ4v) is 4.90. The highest BCUT2D eigenvalue weighted by atomic mass is 16.5. The summed E-state index contributed by atoms with van der Waals surface area (Å²) in [5.74, 6) is 0.929. The monoisotopic (exact) mass is 407 g/mol. The lowest BCUT2D eigenvalue weighted by atomic mass is 9.73. The smallest absolute Gasteiger partial charge is 0.260 e. The number of piperidine rings is 1. The molecule has 1 aromatic heterocycles. The molecule has 0 radical (unpaired) electrons. The molecule has 1 aromatic carbocycles. The number of benzene rings is 1. The minimum absolute atomic E-state index is 0.0701. The molecule has 3 heterocycles. The zero-order chi connectivity index (χ0) is 20.8.